The molecule has 186 valence electrons. The van der Waals surface area contributed by atoms with Crippen LogP contribution < -0.4 is 10.8 Å². The summed E-state index contributed by atoms with van der Waals surface area (Å²) in [5, 5.41) is 8.83. The van der Waals surface area contributed by atoms with Gasteiger partial charge in [-0.3, -0.25) is 0 Å². The van der Waals surface area contributed by atoms with Crippen molar-refractivity contribution in [2.45, 2.75) is 12.3 Å². The summed E-state index contributed by atoms with van der Waals surface area (Å²) in [6.45, 7) is 2.76. The smallest absolute Gasteiger partial charge is 0.151 e. The summed E-state index contributed by atoms with van der Waals surface area (Å²) in [4.78, 5) is 7.26. The van der Waals surface area contributed by atoms with Crippen LogP contribution in [0.4, 0.5) is 5.82 Å². The Kier molecular flexibility index (Phi) is 7.88. The second-order valence-electron chi connectivity index (χ2n) is 9.49. The normalized spacial score (nSPS) is 11.5. The molecule has 37 heavy (non-hydrogen) atoms. The van der Waals surface area contributed by atoms with E-state index in [1.165, 1.54) is 11.1 Å². The van der Waals surface area contributed by atoms with Crippen LogP contribution in [0.1, 0.15) is 23.5 Å². The fraction of sp³-hybridized carbons (Fsp3) is 0.200. The lowest BCUT2D eigenvalue weighted by molar-refractivity contribution is 0.322. The third kappa shape index (κ3) is 5.87. The summed E-state index contributed by atoms with van der Waals surface area (Å²) in [7, 11) is 4.23. The van der Waals surface area contributed by atoms with Gasteiger partial charge in [-0.15, -0.1) is 0 Å². The van der Waals surface area contributed by atoms with E-state index in [0.717, 1.165) is 54.2 Å². The minimum Gasteiger partial charge on any atom is -0.370 e. The Labute approximate surface area is 224 Å². The van der Waals surface area contributed by atoms with Crippen molar-refractivity contribution in [3.8, 4) is 11.3 Å². The highest BCUT2D eigenvalue weighted by molar-refractivity contribution is 6.36. The van der Waals surface area contributed by atoms with Crippen LogP contribution >= 0.6 is 11.6 Å². The first-order valence-corrected chi connectivity index (χ1v) is 13.1. The first-order valence-electron chi connectivity index (χ1n) is 12.7. The predicted octanol–water partition coefficient (Wildman–Crippen LogP) is 4.87. The number of likely N-dealkylation sites (N-methyl/N-ethyl adjacent to an activating group) is 1. The monoisotopic (exact) mass is 507 g/mol. The highest BCUT2D eigenvalue weighted by atomic mass is 35.5. The van der Waals surface area contributed by atoms with Crippen molar-refractivity contribution in [3.63, 3.8) is 0 Å². The molecular formula is C30H31BClN5. The van der Waals surface area contributed by atoms with Crippen molar-refractivity contribution in [1.82, 2.24) is 19.5 Å². The van der Waals surface area contributed by atoms with Gasteiger partial charge in [0.2, 0.25) is 0 Å². The lowest BCUT2D eigenvalue weighted by atomic mass is 9.91. The largest absolute Gasteiger partial charge is 0.370 e. The summed E-state index contributed by atoms with van der Waals surface area (Å²) in [6, 6.07) is 31.4. The van der Waals surface area contributed by atoms with Gasteiger partial charge >= 0.3 is 0 Å². The SMILES string of the molecule is Bc1cnn2c(NCCCN(C)CC(c3ccccc3)c3ccccc3)cc(-c3ccccc3Cl)nc12. The molecule has 0 spiro atoms. The molecule has 7 heteroatoms. The maximum absolute atomic E-state index is 6.48. The van der Waals surface area contributed by atoms with Gasteiger partial charge in [-0.25, -0.2) is 4.98 Å². The zero-order valence-electron chi connectivity index (χ0n) is 21.3. The van der Waals surface area contributed by atoms with Crippen LogP contribution in [0.15, 0.2) is 97.2 Å². The van der Waals surface area contributed by atoms with E-state index >= 15 is 0 Å². The van der Waals surface area contributed by atoms with E-state index in [2.05, 4.69) is 83.0 Å². The lowest BCUT2D eigenvalue weighted by Gasteiger charge is -2.25. The van der Waals surface area contributed by atoms with Crippen LogP contribution in [0.3, 0.4) is 0 Å². The van der Waals surface area contributed by atoms with Gasteiger partial charge in [-0.1, -0.05) is 90.5 Å². The van der Waals surface area contributed by atoms with E-state index in [-0.39, 0.29) is 0 Å². The Morgan fingerprint density at radius 1 is 0.946 bits per heavy atom. The summed E-state index contributed by atoms with van der Waals surface area (Å²) in [6.07, 6.45) is 2.85. The number of nitrogens with zero attached hydrogens (tertiary/aromatic N) is 4. The van der Waals surface area contributed by atoms with Crippen molar-refractivity contribution in [2.24, 2.45) is 0 Å². The number of benzene rings is 3. The second kappa shape index (κ2) is 11.6. The lowest BCUT2D eigenvalue weighted by Crippen LogP contribution is -2.27. The number of anilines is 1. The Hall–Kier alpha value is -3.61. The fourth-order valence-electron chi connectivity index (χ4n) is 4.75. The summed E-state index contributed by atoms with van der Waals surface area (Å²) < 4.78 is 1.88. The maximum Gasteiger partial charge on any atom is 0.151 e. The van der Waals surface area contributed by atoms with E-state index in [1.807, 2.05) is 48.9 Å². The first-order chi connectivity index (χ1) is 18.1. The molecule has 2 aromatic heterocycles. The quantitative estimate of drug-likeness (QED) is 0.216. The van der Waals surface area contributed by atoms with Crippen LogP contribution in [0.5, 0.6) is 0 Å². The van der Waals surface area contributed by atoms with Crippen LogP contribution in [-0.4, -0.2) is 54.0 Å². The topological polar surface area (TPSA) is 45.5 Å². The molecule has 5 nitrogen and oxygen atoms in total. The molecule has 0 fully saturated rings. The number of nitrogens with one attached hydrogen (secondary N) is 1. The average molecular weight is 508 g/mol. The number of rotatable bonds is 10. The van der Waals surface area contributed by atoms with Crippen LogP contribution in [0, 0.1) is 0 Å². The molecule has 0 aliphatic carbocycles. The number of hydrogen-bond acceptors (Lipinski definition) is 4. The van der Waals surface area contributed by atoms with Gasteiger partial charge in [0, 0.05) is 41.9 Å². The highest BCUT2D eigenvalue weighted by Crippen LogP contribution is 2.28. The van der Waals surface area contributed by atoms with E-state index in [1.54, 1.807) is 0 Å². The van der Waals surface area contributed by atoms with Crippen LogP contribution in [0.25, 0.3) is 16.9 Å². The number of hydrogen-bond donors (Lipinski definition) is 1. The van der Waals surface area contributed by atoms with Crippen LogP contribution in [0.2, 0.25) is 5.02 Å². The summed E-state index contributed by atoms with van der Waals surface area (Å²) in [5.41, 5.74) is 6.32. The van der Waals surface area contributed by atoms with E-state index in [0.29, 0.717) is 10.9 Å². The molecule has 3 aromatic carbocycles. The molecule has 5 rings (SSSR count). The molecule has 0 unspecified atom stereocenters. The van der Waals surface area contributed by atoms with Gasteiger partial charge in [0.1, 0.15) is 13.7 Å². The molecular weight excluding hydrogens is 477 g/mol. The van der Waals surface area contributed by atoms with Gasteiger partial charge < -0.3 is 10.2 Å². The van der Waals surface area contributed by atoms with E-state index in [9.17, 15) is 0 Å². The van der Waals surface area contributed by atoms with Crippen molar-refractivity contribution in [1.29, 1.82) is 0 Å². The maximum atomic E-state index is 6.48. The summed E-state index contributed by atoms with van der Waals surface area (Å²) in [5.74, 6) is 1.26. The van der Waals surface area contributed by atoms with Crippen molar-refractivity contribution >= 4 is 36.4 Å². The molecule has 1 N–H and O–H groups in total. The fourth-order valence-corrected chi connectivity index (χ4v) is 4.98. The molecule has 0 radical (unpaired) electrons. The molecule has 0 atom stereocenters. The standard InChI is InChI=1S/C30H31BClN5/c1-36(21-25(22-11-4-2-5-12-22)23-13-6-3-7-14-23)18-10-17-33-29-19-28(24-15-8-9-16-27(24)32)35-30-26(31)20-34-37(29)30/h2-9,11-16,19-20,25,33H,10,17-18,21,31H2,1H3. The predicted molar refractivity (Wildman–Crippen MR) is 157 cm³/mol. The zero-order valence-corrected chi connectivity index (χ0v) is 22.1. The number of halogens is 1. The molecule has 0 bridgehead atoms. The van der Waals surface area contributed by atoms with Crippen molar-refractivity contribution in [3.05, 3.63) is 113 Å². The molecule has 5 aromatic rings. The molecule has 0 aliphatic rings. The van der Waals surface area contributed by atoms with Gasteiger partial charge in [0.15, 0.2) is 5.65 Å². The third-order valence-corrected chi connectivity index (χ3v) is 7.05. The van der Waals surface area contributed by atoms with Gasteiger partial charge in [0.25, 0.3) is 0 Å². The van der Waals surface area contributed by atoms with E-state index < -0.39 is 0 Å². The minimum atomic E-state index is 0.338. The Morgan fingerprint density at radius 2 is 1.59 bits per heavy atom. The van der Waals surface area contributed by atoms with Crippen molar-refractivity contribution < 1.29 is 0 Å². The number of fused-ring (bicyclic) bond motifs is 1. The third-order valence-electron chi connectivity index (χ3n) is 6.72. The van der Waals surface area contributed by atoms with Crippen LogP contribution in [-0.2, 0) is 0 Å². The summed E-state index contributed by atoms with van der Waals surface area (Å²) >= 11 is 6.48. The van der Waals surface area contributed by atoms with Gasteiger partial charge in [0.05, 0.1) is 5.69 Å². The number of aromatic nitrogens is 3. The first kappa shape index (κ1) is 25.1. The molecule has 2 heterocycles. The Morgan fingerprint density at radius 3 is 2.27 bits per heavy atom. The molecule has 0 amide bonds. The Balaban J connectivity index is 1.26. The van der Waals surface area contributed by atoms with E-state index in [4.69, 9.17) is 16.6 Å². The zero-order chi connectivity index (χ0) is 25.6. The second-order valence-corrected chi connectivity index (χ2v) is 9.89. The molecule has 0 aliphatic heterocycles. The Bertz CT molecular complexity index is 1420. The minimum absolute atomic E-state index is 0.338. The van der Waals surface area contributed by atoms with Crippen molar-refractivity contribution in [2.75, 3.05) is 32.0 Å². The molecule has 0 saturated heterocycles. The highest BCUT2D eigenvalue weighted by Gasteiger charge is 2.16. The molecule has 0 saturated carbocycles. The van der Waals surface area contributed by atoms with Gasteiger partial charge in [-0.05, 0) is 42.7 Å². The average Bonchev–Trinajstić information content (AvgIpc) is 3.31. The van der Waals surface area contributed by atoms with Gasteiger partial charge in [-0.2, -0.15) is 9.61 Å².